The smallest absolute Gasteiger partial charge is 0.224 e. The summed E-state index contributed by atoms with van der Waals surface area (Å²) in [4.78, 5) is 16.6. The lowest BCUT2D eigenvalue weighted by atomic mass is 10.1. The van der Waals surface area contributed by atoms with Crippen LogP contribution >= 0.6 is 0 Å². The van der Waals surface area contributed by atoms with Gasteiger partial charge in [-0.25, -0.2) is 4.98 Å². The summed E-state index contributed by atoms with van der Waals surface area (Å²) in [6, 6.07) is 14.1. The third-order valence-corrected chi connectivity index (χ3v) is 4.21. The largest absolute Gasteiger partial charge is 0.497 e. The van der Waals surface area contributed by atoms with Crippen LogP contribution in [0.1, 0.15) is 31.0 Å². The van der Waals surface area contributed by atoms with E-state index in [-0.39, 0.29) is 5.91 Å². The second-order valence-corrected chi connectivity index (χ2v) is 6.37. The summed E-state index contributed by atoms with van der Waals surface area (Å²) in [7, 11) is 1.64. The third-order valence-electron chi connectivity index (χ3n) is 4.21. The summed E-state index contributed by atoms with van der Waals surface area (Å²) in [6.45, 7) is 4.76. The maximum atomic E-state index is 12.2. The van der Waals surface area contributed by atoms with Crippen LogP contribution in [-0.2, 0) is 17.8 Å². The van der Waals surface area contributed by atoms with Crippen LogP contribution in [0.2, 0.25) is 0 Å². The summed E-state index contributed by atoms with van der Waals surface area (Å²) >= 11 is 0. The molecule has 0 atom stereocenters. The lowest BCUT2D eigenvalue weighted by Gasteiger charge is -2.09. The molecule has 25 heavy (non-hydrogen) atoms. The third kappa shape index (κ3) is 3.99. The second kappa shape index (κ2) is 7.38. The molecule has 2 aromatic carbocycles. The van der Waals surface area contributed by atoms with Crippen molar-refractivity contribution in [3.8, 4) is 5.75 Å². The molecule has 3 aromatic rings. The Kier molecular flexibility index (Phi) is 5.03. The summed E-state index contributed by atoms with van der Waals surface area (Å²) < 4.78 is 7.26. The molecule has 0 aliphatic carbocycles. The minimum absolute atomic E-state index is 0.00143. The van der Waals surface area contributed by atoms with Gasteiger partial charge >= 0.3 is 0 Å². The van der Waals surface area contributed by atoms with Gasteiger partial charge in [0, 0.05) is 12.6 Å². The molecule has 0 bridgehead atoms. The fraction of sp³-hybridized carbons (Fsp3) is 0.300. The summed E-state index contributed by atoms with van der Waals surface area (Å²) in [5.41, 5.74) is 4.03. The van der Waals surface area contributed by atoms with Crippen molar-refractivity contribution in [3.05, 3.63) is 59.9 Å². The first-order valence-electron chi connectivity index (χ1n) is 8.42. The zero-order chi connectivity index (χ0) is 17.8. The van der Waals surface area contributed by atoms with Crippen LogP contribution in [-0.4, -0.2) is 22.6 Å². The average Bonchev–Trinajstić information content (AvgIpc) is 3.04. The zero-order valence-electron chi connectivity index (χ0n) is 14.8. The molecule has 3 rings (SSSR count). The first kappa shape index (κ1) is 17.0. The van der Waals surface area contributed by atoms with Crippen LogP contribution < -0.4 is 10.1 Å². The molecule has 1 N–H and O–H groups in total. The Morgan fingerprint density at radius 2 is 1.88 bits per heavy atom. The Morgan fingerprint density at radius 3 is 2.56 bits per heavy atom. The lowest BCUT2D eigenvalue weighted by molar-refractivity contribution is -0.120. The number of nitrogens with one attached hydrogen (secondary N) is 1. The number of hydrogen-bond donors (Lipinski definition) is 1. The molecular weight excluding hydrogens is 314 g/mol. The maximum Gasteiger partial charge on any atom is 0.224 e. The first-order chi connectivity index (χ1) is 12.1. The number of nitrogens with zero attached hydrogens (tertiary/aromatic N) is 2. The van der Waals surface area contributed by atoms with Gasteiger partial charge < -0.3 is 14.6 Å². The highest BCUT2D eigenvalue weighted by molar-refractivity contribution is 5.81. The van der Waals surface area contributed by atoms with Crippen molar-refractivity contribution in [1.29, 1.82) is 0 Å². The van der Waals surface area contributed by atoms with Gasteiger partial charge in [-0.05, 0) is 49.2 Å². The van der Waals surface area contributed by atoms with E-state index in [2.05, 4.69) is 28.7 Å². The molecule has 5 nitrogen and oxygen atoms in total. The zero-order valence-corrected chi connectivity index (χ0v) is 14.8. The number of rotatable bonds is 6. The molecule has 1 amide bonds. The number of hydrogen-bond acceptors (Lipinski definition) is 3. The van der Waals surface area contributed by atoms with Gasteiger partial charge in [0.05, 0.1) is 30.9 Å². The molecule has 0 saturated heterocycles. The van der Waals surface area contributed by atoms with Gasteiger partial charge in [-0.3, -0.25) is 4.79 Å². The van der Waals surface area contributed by atoms with Crippen molar-refractivity contribution in [2.45, 2.75) is 32.9 Å². The normalized spacial score (nSPS) is 11.0. The van der Waals surface area contributed by atoms with Gasteiger partial charge in [-0.2, -0.15) is 0 Å². The SMILES string of the molecule is COc1ccc(CNC(=O)Cc2ccc3c(c2)ncn3C(C)C)cc1. The topological polar surface area (TPSA) is 56.1 Å². The number of benzene rings is 2. The van der Waals surface area contributed by atoms with Crippen molar-refractivity contribution in [1.82, 2.24) is 14.9 Å². The predicted octanol–water partition coefficient (Wildman–Crippen LogP) is 3.48. The van der Waals surface area contributed by atoms with Gasteiger partial charge in [-0.1, -0.05) is 18.2 Å². The quantitative estimate of drug-likeness (QED) is 0.749. The van der Waals surface area contributed by atoms with Gasteiger partial charge in [0.2, 0.25) is 5.91 Å². The van der Waals surface area contributed by atoms with E-state index >= 15 is 0 Å². The first-order valence-corrected chi connectivity index (χ1v) is 8.42. The van der Waals surface area contributed by atoms with Gasteiger partial charge in [0.1, 0.15) is 5.75 Å². The Labute approximate surface area is 147 Å². The molecule has 130 valence electrons. The monoisotopic (exact) mass is 337 g/mol. The highest BCUT2D eigenvalue weighted by atomic mass is 16.5. The van der Waals surface area contributed by atoms with Crippen LogP contribution in [0, 0.1) is 0 Å². The molecule has 0 spiro atoms. The molecule has 1 heterocycles. The number of imidazole rings is 1. The van der Waals surface area contributed by atoms with E-state index in [0.29, 0.717) is 19.0 Å². The van der Waals surface area contributed by atoms with Crippen LogP contribution in [0.3, 0.4) is 0 Å². The lowest BCUT2D eigenvalue weighted by Crippen LogP contribution is -2.24. The van der Waals surface area contributed by atoms with E-state index in [0.717, 1.165) is 27.9 Å². The van der Waals surface area contributed by atoms with Crippen molar-refractivity contribution in [2.24, 2.45) is 0 Å². The Bertz CT molecular complexity index is 866. The number of aromatic nitrogens is 2. The molecule has 0 saturated carbocycles. The summed E-state index contributed by atoms with van der Waals surface area (Å²) in [5, 5.41) is 2.95. The Morgan fingerprint density at radius 1 is 1.16 bits per heavy atom. The van der Waals surface area contributed by atoms with E-state index in [9.17, 15) is 4.79 Å². The molecule has 1 aromatic heterocycles. The van der Waals surface area contributed by atoms with Crippen molar-refractivity contribution >= 4 is 16.9 Å². The molecule has 0 unspecified atom stereocenters. The number of fused-ring (bicyclic) bond motifs is 1. The van der Waals surface area contributed by atoms with E-state index in [1.807, 2.05) is 48.8 Å². The fourth-order valence-electron chi connectivity index (χ4n) is 2.79. The fourth-order valence-corrected chi connectivity index (χ4v) is 2.79. The molecule has 0 radical (unpaired) electrons. The van der Waals surface area contributed by atoms with Gasteiger partial charge in [0.25, 0.3) is 0 Å². The highest BCUT2D eigenvalue weighted by Gasteiger charge is 2.08. The van der Waals surface area contributed by atoms with E-state index in [1.165, 1.54) is 0 Å². The minimum Gasteiger partial charge on any atom is -0.497 e. The second-order valence-electron chi connectivity index (χ2n) is 6.37. The van der Waals surface area contributed by atoms with Crippen molar-refractivity contribution in [2.75, 3.05) is 7.11 Å². The van der Waals surface area contributed by atoms with Crippen molar-refractivity contribution < 1.29 is 9.53 Å². The molecule has 0 fully saturated rings. The standard InChI is InChI=1S/C20H23N3O2/c1-14(2)23-13-22-18-10-16(6-9-19(18)23)11-20(24)21-12-15-4-7-17(25-3)8-5-15/h4-10,13-14H,11-12H2,1-3H3,(H,21,24). The molecular formula is C20H23N3O2. The molecule has 0 aliphatic rings. The van der Waals surface area contributed by atoms with Gasteiger partial charge in [0.15, 0.2) is 0 Å². The summed E-state index contributed by atoms with van der Waals surface area (Å²) in [6.07, 6.45) is 2.20. The number of carbonyl (C=O) groups is 1. The highest BCUT2D eigenvalue weighted by Crippen LogP contribution is 2.19. The van der Waals surface area contributed by atoms with Crippen LogP contribution in [0.5, 0.6) is 5.75 Å². The number of ether oxygens (including phenoxy) is 1. The summed E-state index contributed by atoms with van der Waals surface area (Å²) in [5.74, 6) is 0.808. The number of methoxy groups -OCH3 is 1. The van der Waals surface area contributed by atoms with Gasteiger partial charge in [-0.15, -0.1) is 0 Å². The van der Waals surface area contributed by atoms with Crippen LogP contribution in [0.15, 0.2) is 48.8 Å². The number of amides is 1. The Balaban J connectivity index is 1.61. The van der Waals surface area contributed by atoms with Crippen molar-refractivity contribution in [3.63, 3.8) is 0 Å². The maximum absolute atomic E-state index is 12.2. The molecule has 0 aliphatic heterocycles. The van der Waals surface area contributed by atoms with Crippen LogP contribution in [0.25, 0.3) is 11.0 Å². The van der Waals surface area contributed by atoms with E-state index < -0.39 is 0 Å². The molecule has 5 heteroatoms. The average molecular weight is 337 g/mol. The van der Waals surface area contributed by atoms with Crippen LogP contribution in [0.4, 0.5) is 0 Å². The Hall–Kier alpha value is -2.82. The minimum atomic E-state index is -0.00143. The number of carbonyl (C=O) groups excluding carboxylic acids is 1. The van der Waals surface area contributed by atoms with E-state index in [1.54, 1.807) is 7.11 Å². The predicted molar refractivity (Wildman–Crippen MR) is 98.7 cm³/mol. The van der Waals surface area contributed by atoms with E-state index in [4.69, 9.17) is 4.74 Å².